The zero-order valence-electron chi connectivity index (χ0n) is 15.2. The second kappa shape index (κ2) is 7.11. The van der Waals surface area contributed by atoms with Gasteiger partial charge in [0.25, 0.3) is 0 Å². The quantitative estimate of drug-likeness (QED) is 0.447. The number of nitrogens with one attached hydrogen (secondary N) is 3. The Morgan fingerprint density at radius 3 is 2.79 bits per heavy atom. The molecule has 28 heavy (non-hydrogen) atoms. The van der Waals surface area contributed by atoms with E-state index in [-0.39, 0.29) is 0 Å². The van der Waals surface area contributed by atoms with Crippen LogP contribution in [0.5, 0.6) is 5.75 Å². The van der Waals surface area contributed by atoms with Crippen molar-refractivity contribution < 1.29 is 4.74 Å². The molecular weight excluding hydrogens is 352 g/mol. The van der Waals surface area contributed by atoms with Gasteiger partial charge in [0, 0.05) is 6.20 Å². The molecule has 0 unspecified atom stereocenters. The number of fused-ring (bicyclic) bond motifs is 2. The molecule has 5 rings (SSSR count). The Hall–Kier alpha value is -3.74. The third kappa shape index (κ3) is 3.07. The predicted octanol–water partition coefficient (Wildman–Crippen LogP) is 3.80. The van der Waals surface area contributed by atoms with Crippen LogP contribution < -0.4 is 20.5 Å². The zero-order chi connectivity index (χ0) is 18.8. The van der Waals surface area contributed by atoms with Gasteiger partial charge in [0.05, 0.1) is 29.9 Å². The first kappa shape index (κ1) is 16.4. The van der Waals surface area contributed by atoms with Crippen LogP contribution in [0.25, 0.3) is 11.0 Å². The minimum atomic E-state index is 0.544. The molecule has 1 aliphatic rings. The number of hydrogen-bond donors (Lipinski definition) is 3. The Balaban J connectivity index is 1.33. The van der Waals surface area contributed by atoms with Gasteiger partial charge in [0.15, 0.2) is 0 Å². The van der Waals surface area contributed by atoms with E-state index < -0.39 is 0 Å². The first-order chi connectivity index (χ1) is 13.9. The molecule has 2 aromatic heterocycles. The van der Waals surface area contributed by atoms with Crippen LogP contribution in [0.2, 0.25) is 0 Å². The Bertz CT molecular complexity index is 1070. The van der Waals surface area contributed by atoms with Crippen molar-refractivity contribution in [1.82, 2.24) is 15.0 Å². The van der Waals surface area contributed by atoms with Crippen LogP contribution in [0.1, 0.15) is 5.56 Å². The molecule has 7 nitrogen and oxygen atoms in total. The molecule has 0 spiro atoms. The number of nitrogens with zero attached hydrogens (tertiary/aromatic N) is 3. The minimum absolute atomic E-state index is 0.544. The first-order valence-corrected chi connectivity index (χ1v) is 9.24. The molecule has 2 aromatic carbocycles. The van der Waals surface area contributed by atoms with Crippen LogP contribution in [-0.4, -0.2) is 28.1 Å². The van der Waals surface area contributed by atoms with E-state index >= 15 is 0 Å². The van der Waals surface area contributed by atoms with E-state index in [9.17, 15) is 0 Å². The van der Waals surface area contributed by atoms with Crippen LogP contribution in [0.4, 0.5) is 17.2 Å². The average molecular weight is 372 g/mol. The normalized spacial score (nSPS) is 12.6. The lowest BCUT2D eigenvalue weighted by Gasteiger charge is -2.18. The largest absolute Gasteiger partial charge is 0.492 e. The highest BCUT2D eigenvalue weighted by atomic mass is 16.5. The molecule has 0 fully saturated rings. The monoisotopic (exact) mass is 372 g/mol. The van der Waals surface area contributed by atoms with E-state index in [1.165, 1.54) is 5.56 Å². The lowest BCUT2D eigenvalue weighted by molar-refractivity contribution is 0.333. The van der Waals surface area contributed by atoms with Gasteiger partial charge in [-0.25, -0.2) is 9.97 Å². The van der Waals surface area contributed by atoms with Crippen molar-refractivity contribution in [2.24, 2.45) is 0 Å². The lowest BCUT2D eigenvalue weighted by Crippen LogP contribution is -2.22. The van der Waals surface area contributed by atoms with Crippen molar-refractivity contribution in [3.8, 4) is 5.75 Å². The topological polar surface area (TPSA) is 78.1 Å². The summed E-state index contributed by atoms with van der Waals surface area (Å²) in [4.78, 5) is 12.1. The van der Waals surface area contributed by atoms with Crippen molar-refractivity contribution in [2.75, 3.05) is 28.9 Å². The predicted molar refractivity (Wildman–Crippen MR) is 111 cm³/mol. The fourth-order valence-electron chi connectivity index (χ4n) is 3.42. The van der Waals surface area contributed by atoms with E-state index in [2.05, 4.69) is 48.9 Å². The minimum Gasteiger partial charge on any atom is -0.492 e. The van der Waals surface area contributed by atoms with Crippen LogP contribution in [0.15, 0.2) is 67.1 Å². The maximum Gasteiger partial charge on any atom is 0.145 e. The summed E-state index contributed by atoms with van der Waals surface area (Å²) in [6.07, 6.45) is 3.53. The highest BCUT2D eigenvalue weighted by Crippen LogP contribution is 2.35. The fraction of sp³-hybridized carbons (Fsp3) is 0.143. The number of rotatable bonds is 6. The van der Waals surface area contributed by atoms with Gasteiger partial charge in [-0.1, -0.05) is 36.4 Å². The number of H-pyrrole nitrogens is 1. The summed E-state index contributed by atoms with van der Waals surface area (Å²) in [7, 11) is 0. The number of ether oxygens (including phenoxy) is 1. The highest BCUT2D eigenvalue weighted by molar-refractivity contribution is 5.99. The number of hydrazine groups is 1. The van der Waals surface area contributed by atoms with Gasteiger partial charge in [0.2, 0.25) is 0 Å². The smallest absolute Gasteiger partial charge is 0.145 e. The van der Waals surface area contributed by atoms with Crippen molar-refractivity contribution in [3.05, 3.63) is 72.7 Å². The number of hydrogen-bond acceptors (Lipinski definition) is 6. The standard InChI is InChI=1S/C21H20N6O/c1-2-7-16(8-3-1)28-11-10-22-20-19-18(12-23-21(19)25-14-24-20)27-13-15-6-4-5-9-17(15)26-27/h1-9,12,14,26H,10-11,13H2,(H2,22,23,24,25). The SMILES string of the molecule is c1ccc(OCCNc2ncnc3[nH]cc(N4Cc5ccccc5N4)c23)cc1. The summed E-state index contributed by atoms with van der Waals surface area (Å²) in [6.45, 7) is 1.97. The Labute approximate surface area is 162 Å². The molecule has 0 saturated heterocycles. The van der Waals surface area contributed by atoms with E-state index in [4.69, 9.17) is 4.74 Å². The van der Waals surface area contributed by atoms with Crippen LogP contribution in [0, 0.1) is 0 Å². The van der Waals surface area contributed by atoms with E-state index in [0.717, 1.165) is 40.5 Å². The molecule has 3 heterocycles. The molecular formula is C21H20N6O. The third-order valence-electron chi connectivity index (χ3n) is 4.75. The number of aromatic nitrogens is 3. The number of para-hydroxylation sites is 2. The van der Waals surface area contributed by atoms with Crippen molar-refractivity contribution in [1.29, 1.82) is 0 Å². The summed E-state index contributed by atoms with van der Waals surface area (Å²) in [5.41, 5.74) is 7.65. The third-order valence-corrected chi connectivity index (χ3v) is 4.75. The molecule has 0 radical (unpaired) electrons. The number of anilines is 3. The second-order valence-corrected chi connectivity index (χ2v) is 6.56. The molecule has 140 valence electrons. The van der Waals surface area contributed by atoms with Crippen LogP contribution in [-0.2, 0) is 6.54 Å². The second-order valence-electron chi connectivity index (χ2n) is 6.56. The molecule has 0 amide bonds. The molecule has 0 aliphatic carbocycles. The summed E-state index contributed by atoms with van der Waals surface area (Å²) < 4.78 is 5.76. The summed E-state index contributed by atoms with van der Waals surface area (Å²) in [5, 5.41) is 6.45. The Morgan fingerprint density at radius 1 is 1.04 bits per heavy atom. The van der Waals surface area contributed by atoms with Gasteiger partial charge in [-0.05, 0) is 23.8 Å². The maximum atomic E-state index is 5.76. The number of aromatic amines is 1. The Morgan fingerprint density at radius 2 is 1.89 bits per heavy atom. The molecule has 0 bridgehead atoms. The summed E-state index contributed by atoms with van der Waals surface area (Å²) in [5.74, 6) is 1.65. The summed E-state index contributed by atoms with van der Waals surface area (Å²) >= 11 is 0. The van der Waals surface area contributed by atoms with Crippen LogP contribution in [0.3, 0.4) is 0 Å². The van der Waals surface area contributed by atoms with Crippen molar-refractivity contribution >= 4 is 28.2 Å². The molecule has 7 heteroatoms. The highest BCUT2D eigenvalue weighted by Gasteiger charge is 2.22. The van der Waals surface area contributed by atoms with E-state index in [1.54, 1.807) is 6.33 Å². The Kier molecular flexibility index (Phi) is 4.17. The van der Waals surface area contributed by atoms with Crippen LogP contribution >= 0.6 is 0 Å². The van der Waals surface area contributed by atoms with E-state index in [0.29, 0.717) is 13.2 Å². The average Bonchev–Trinajstić information content (AvgIpc) is 3.36. The van der Waals surface area contributed by atoms with Gasteiger partial charge in [-0.2, -0.15) is 0 Å². The zero-order valence-corrected chi connectivity index (χ0v) is 15.2. The fourth-order valence-corrected chi connectivity index (χ4v) is 3.42. The van der Waals surface area contributed by atoms with Gasteiger partial charge >= 0.3 is 0 Å². The molecule has 1 aliphatic heterocycles. The molecule has 0 saturated carbocycles. The first-order valence-electron chi connectivity index (χ1n) is 9.24. The maximum absolute atomic E-state index is 5.76. The molecule has 0 atom stereocenters. The van der Waals surface area contributed by atoms with Crippen molar-refractivity contribution in [3.63, 3.8) is 0 Å². The lowest BCUT2D eigenvalue weighted by atomic mass is 10.2. The van der Waals surface area contributed by atoms with Gasteiger partial charge in [-0.3, -0.25) is 10.4 Å². The van der Waals surface area contributed by atoms with Gasteiger partial charge in [0.1, 0.15) is 30.1 Å². The summed E-state index contributed by atoms with van der Waals surface area (Å²) in [6, 6.07) is 18.1. The molecule has 3 N–H and O–H groups in total. The van der Waals surface area contributed by atoms with Gasteiger partial charge in [-0.15, -0.1) is 0 Å². The van der Waals surface area contributed by atoms with Gasteiger partial charge < -0.3 is 15.0 Å². The van der Waals surface area contributed by atoms with E-state index in [1.807, 2.05) is 42.6 Å². The number of benzene rings is 2. The molecule has 4 aromatic rings. The van der Waals surface area contributed by atoms with Crippen molar-refractivity contribution in [2.45, 2.75) is 6.54 Å².